The van der Waals surface area contributed by atoms with Crippen LogP contribution in [-0.4, -0.2) is 5.91 Å². The lowest BCUT2D eigenvalue weighted by Gasteiger charge is -2.07. The molecule has 1 amide bonds. The number of halogens is 2. The van der Waals surface area contributed by atoms with Crippen molar-refractivity contribution < 1.29 is 9.18 Å². The van der Waals surface area contributed by atoms with Gasteiger partial charge in [-0.05, 0) is 28.8 Å². The van der Waals surface area contributed by atoms with E-state index in [-0.39, 0.29) is 18.1 Å². The molecule has 0 radical (unpaired) electrons. The van der Waals surface area contributed by atoms with Crippen molar-refractivity contribution in [3.8, 4) is 0 Å². The fourth-order valence-electron chi connectivity index (χ4n) is 1.92. The zero-order valence-electron chi connectivity index (χ0n) is 10.9. The molecule has 20 heavy (non-hydrogen) atoms. The highest BCUT2D eigenvalue weighted by atomic mass is 79.9. The number of carbonyl (C=O) groups excluding carboxylic acids is 1. The monoisotopic (exact) mass is 335 g/mol. The summed E-state index contributed by atoms with van der Waals surface area (Å²) < 4.78 is 13.0. The smallest absolute Gasteiger partial charge is 0.224 e. The van der Waals surface area contributed by atoms with Gasteiger partial charge in [0.05, 0.1) is 6.42 Å². The van der Waals surface area contributed by atoms with E-state index < -0.39 is 0 Å². The van der Waals surface area contributed by atoms with Crippen LogP contribution in [0.3, 0.4) is 0 Å². The number of benzene rings is 2. The van der Waals surface area contributed by atoms with E-state index >= 15 is 0 Å². The summed E-state index contributed by atoms with van der Waals surface area (Å²) in [5.74, 6) is -0.430. The van der Waals surface area contributed by atoms with E-state index in [1.165, 1.54) is 17.7 Å². The molecule has 0 fully saturated rings. The molecular formula is C16H15BrFNO. The zero-order valence-corrected chi connectivity index (χ0v) is 12.5. The highest BCUT2D eigenvalue weighted by Crippen LogP contribution is 2.09. The number of nitrogens with one attached hydrogen (secondary N) is 1. The molecule has 2 aromatic carbocycles. The molecular weight excluding hydrogens is 321 g/mol. The van der Waals surface area contributed by atoms with Crippen molar-refractivity contribution in [3.63, 3.8) is 0 Å². The van der Waals surface area contributed by atoms with Gasteiger partial charge in [0, 0.05) is 11.9 Å². The lowest BCUT2D eigenvalue weighted by Crippen LogP contribution is -2.24. The highest BCUT2D eigenvalue weighted by Gasteiger charge is 2.04. The molecule has 0 aliphatic carbocycles. The van der Waals surface area contributed by atoms with Gasteiger partial charge in [-0.1, -0.05) is 52.3 Å². The van der Waals surface area contributed by atoms with Gasteiger partial charge in [0.15, 0.2) is 0 Å². The Morgan fingerprint density at radius 2 is 1.75 bits per heavy atom. The van der Waals surface area contributed by atoms with Crippen molar-refractivity contribution in [2.24, 2.45) is 0 Å². The van der Waals surface area contributed by atoms with Gasteiger partial charge >= 0.3 is 0 Å². The van der Waals surface area contributed by atoms with E-state index in [9.17, 15) is 9.18 Å². The molecule has 2 aromatic rings. The molecule has 0 aliphatic rings. The van der Waals surface area contributed by atoms with Crippen LogP contribution in [-0.2, 0) is 23.1 Å². The minimum atomic E-state index is -0.319. The third-order valence-corrected chi connectivity index (χ3v) is 3.54. The van der Waals surface area contributed by atoms with Crippen molar-refractivity contribution in [2.75, 3.05) is 0 Å². The van der Waals surface area contributed by atoms with Crippen LogP contribution in [0.15, 0.2) is 48.5 Å². The summed E-state index contributed by atoms with van der Waals surface area (Å²) in [4.78, 5) is 11.8. The van der Waals surface area contributed by atoms with Gasteiger partial charge in [-0.15, -0.1) is 0 Å². The maximum atomic E-state index is 13.0. The fraction of sp³-hybridized carbons (Fsp3) is 0.188. The van der Waals surface area contributed by atoms with Crippen LogP contribution in [0.4, 0.5) is 4.39 Å². The molecule has 0 saturated heterocycles. The van der Waals surface area contributed by atoms with Crippen molar-refractivity contribution in [3.05, 3.63) is 71.0 Å². The Labute approximate surface area is 126 Å². The summed E-state index contributed by atoms with van der Waals surface area (Å²) in [5.41, 5.74) is 2.90. The molecule has 2 nitrogen and oxygen atoms in total. The summed E-state index contributed by atoms with van der Waals surface area (Å²) in [6.07, 6.45) is 0.190. The molecule has 0 unspecified atom stereocenters. The van der Waals surface area contributed by atoms with Crippen LogP contribution in [0.25, 0.3) is 0 Å². The van der Waals surface area contributed by atoms with Crippen LogP contribution in [0.1, 0.15) is 16.7 Å². The molecule has 2 rings (SSSR count). The minimum absolute atomic E-state index is 0.111. The second kappa shape index (κ2) is 7.20. The van der Waals surface area contributed by atoms with Gasteiger partial charge in [-0.3, -0.25) is 4.79 Å². The largest absolute Gasteiger partial charge is 0.352 e. The Kier molecular flexibility index (Phi) is 5.30. The van der Waals surface area contributed by atoms with E-state index in [2.05, 4.69) is 21.2 Å². The van der Waals surface area contributed by atoms with Crippen LogP contribution in [0.2, 0.25) is 0 Å². The molecule has 0 saturated carbocycles. The molecule has 4 heteroatoms. The first-order chi connectivity index (χ1) is 9.67. The van der Waals surface area contributed by atoms with E-state index in [4.69, 9.17) is 0 Å². The summed E-state index contributed by atoms with van der Waals surface area (Å²) in [6.45, 7) is 0.481. The molecule has 0 bridgehead atoms. The number of rotatable bonds is 5. The Hall–Kier alpha value is -1.68. The van der Waals surface area contributed by atoms with Crippen molar-refractivity contribution in [1.82, 2.24) is 5.32 Å². The molecule has 0 spiro atoms. The average molecular weight is 336 g/mol. The maximum absolute atomic E-state index is 13.0. The van der Waals surface area contributed by atoms with E-state index in [0.717, 1.165) is 10.9 Å². The summed E-state index contributed by atoms with van der Waals surface area (Å²) in [6, 6.07) is 14.1. The average Bonchev–Trinajstić information content (AvgIpc) is 2.45. The first-order valence-electron chi connectivity index (χ1n) is 6.32. The van der Waals surface area contributed by atoms with Gasteiger partial charge < -0.3 is 5.32 Å². The number of amides is 1. The number of hydrogen-bond donors (Lipinski definition) is 1. The predicted octanol–water partition coefficient (Wildman–Crippen LogP) is 3.58. The lowest BCUT2D eigenvalue weighted by molar-refractivity contribution is -0.120. The van der Waals surface area contributed by atoms with Crippen molar-refractivity contribution >= 4 is 21.8 Å². The molecule has 104 valence electrons. The Balaban J connectivity index is 1.88. The van der Waals surface area contributed by atoms with E-state index in [1.807, 2.05) is 24.3 Å². The van der Waals surface area contributed by atoms with Crippen LogP contribution >= 0.6 is 15.9 Å². The van der Waals surface area contributed by atoms with E-state index in [1.54, 1.807) is 12.1 Å². The predicted molar refractivity (Wildman–Crippen MR) is 81.0 cm³/mol. The Bertz CT molecular complexity index is 601. The molecule has 0 aliphatic heterocycles. The van der Waals surface area contributed by atoms with Crippen LogP contribution in [0, 0.1) is 5.82 Å². The number of alkyl halides is 1. The summed E-state index contributed by atoms with van der Waals surface area (Å²) >= 11 is 3.40. The molecule has 0 heterocycles. The maximum Gasteiger partial charge on any atom is 0.224 e. The van der Waals surface area contributed by atoms with Crippen molar-refractivity contribution in [1.29, 1.82) is 0 Å². The molecule has 0 atom stereocenters. The standard InChI is InChI=1S/C16H15BrFNO/c17-10-13-4-1-5-14(7-13)11-19-16(20)9-12-3-2-6-15(18)8-12/h1-8H,9-11H2,(H,19,20). The normalized spacial score (nSPS) is 10.3. The fourth-order valence-corrected chi connectivity index (χ4v) is 2.27. The second-order valence-corrected chi connectivity index (χ2v) is 5.10. The topological polar surface area (TPSA) is 29.1 Å². The zero-order chi connectivity index (χ0) is 14.4. The highest BCUT2D eigenvalue weighted by molar-refractivity contribution is 9.08. The lowest BCUT2D eigenvalue weighted by atomic mass is 10.1. The van der Waals surface area contributed by atoms with Gasteiger partial charge in [0.1, 0.15) is 5.82 Å². The van der Waals surface area contributed by atoms with Gasteiger partial charge in [-0.25, -0.2) is 4.39 Å². The summed E-state index contributed by atoms with van der Waals surface area (Å²) in [7, 11) is 0. The third-order valence-electron chi connectivity index (χ3n) is 2.89. The van der Waals surface area contributed by atoms with Crippen LogP contribution < -0.4 is 5.32 Å². The SMILES string of the molecule is O=C(Cc1cccc(F)c1)NCc1cccc(CBr)c1. The Morgan fingerprint density at radius 3 is 2.50 bits per heavy atom. The summed E-state index contributed by atoms with van der Waals surface area (Å²) in [5, 5.41) is 3.63. The third kappa shape index (κ3) is 4.46. The number of carbonyl (C=O) groups is 1. The van der Waals surface area contributed by atoms with Crippen molar-refractivity contribution in [2.45, 2.75) is 18.3 Å². The number of hydrogen-bond acceptors (Lipinski definition) is 1. The van der Waals surface area contributed by atoms with Gasteiger partial charge in [-0.2, -0.15) is 0 Å². The van der Waals surface area contributed by atoms with Crippen LogP contribution in [0.5, 0.6) is 0 Å². The first-order valence-corrected chi connectivity index (χ1v) is 7.44. The Morgan fingerprint density at radius 1 is 1.05 bits per heavy atom. The quantitative estimate of drug-likeness (QED) is 0.831. The van der Waals surface area contributed by atoms with Gasteiger partial charge in [0.2, 0.25) is 5.91 Å². The minimum Gasteiger partial charge on any atom is -0.352 e. The van der Waals surface area contributed by atoms with E-state index in [0.29, 0.717) is 12.1 Å². The second-order valence-electron chi connectivity index (χ2n) is 4.54. The molecule has 1 N–H and O–H groups in total. The first kappa shape index (κ1) is 14.7. The molecule has 0 aromatic heterocycles. The van der Waals surface area contributed by atoms with Gasteiger partial charge in [0.25, 0.3) is 0 Å².